The van der Waals surface area contributed by atoms with Gasteiger partial charge in [-0.05, 0) is 63.8 Å². The number of aliphatic hydroxyl groups is 7. The Morgan fingerprint density at radius 1 is 0.750 bits per heavy atom. The maximum atomic E-state index is 13.4. The lowest BCUT2D eigenvalue weighted by atomic mass is 9.84. The number of ether oxygens (including phenoxy) is 5. The Labute approximate surface area is 256 Å². The Balaban J connectivity index is 2.07. The number of methoxy groups -OCH3 is 2. The minimum Gasteiger partial charge on any atom is -0.484 e. The van der Waals surface area contributed by atoms with Crippen molar-refractivity contribution in [3.8, 4) is 5.75 Å². The molecule has 0 aromatic heterocycles. The zero-order chi connectivity index (χ0) is 32.9. The fraction of sp³-hybridized carbons (Fsp3) is 0.645. The van der Waals surface area contributed by atoms with Crippen LogP contribution in [-0.2, 0) is 31.8 Å². The Morgan fingerprint density at radius 3 is 1.66 bits per heavy atom. The van der Waals surface area contributed by atoms with Crippen LogP contribution in [0, 0.1) is 0 Å². The molecule has 9 unspecified atom stereocenters. The molecule has 7 N–H and O–H groups in total. The van der Waals surface area contributed by atoms with E-state index in [2.05, 4.69) is 0 Å². The van der Waals surface area contributed by atoms with Gasteiger partial charge in [0.25, 0.3) is 0 Å². The molecule has 1 saturated carbocycles. The Hall–Kier alpha value is -2.43. The Morgan fingerprint density at radius 2 is 1.23 bits per heavy atom. The molecule has 13 nitrogen and oxygen atoms in total. The van der Waals surface area contributed by atoms with E-state index in [4.69, 9.17) is 23.7 Å². The van der Waals surface area contributed by atoms with E-state index < -0.39 is 79.9 Å². The molecule has 0 radical (unpaired) electrons. The van der Waals surface area contributed by atoms with Crippen LogP contribution in [0.3, 0.4) is 0 Å². The second-order valence-electron chi connectivity index (χ2n) is 11.7. The van der Waals surface area contributed by atoms with Gasteiger partial charge in [0.1, 0.15) is 60.7 Å². The van der Waals surface area contributed by atoms with Crippen molar-refractivity contribution in [2.24, 2.45) is 0 Å². The van der Waals surface area contributed by atoms with Gasteiger partial charge >= 0.3 is 5.97 Å². The van der Waals surface area contributed by atoms with Crippen LogP contribution < -0.4 is 4.74 Å². The van der Waals surface area contributed by atoms with Crippen LogP contribution in [0.15, 0.2) is 35.4 Å². The number of esters is 1. The van der Waals surface area contributed by atoms with Gasteiger partial charge in [0.15, 0.2) is 6.10 Å². The molecule has 1 aromatic carbocycles. The average molecular weight is 627 g/mol. The van der Waals surface area contributed by atoms with Crippen LogP contribution in [-0.4, -0.2) is 130 Å². The van der Waals surface area contributed by atoms with E-state index in [0.29, 0.717) is 11.1 Å². The number of carbonyl (C=O) groups is 1. The standard InChI is InChI=1S/C31H46O13/c1-14(2)7-9-16-11-18(30(39)44-31-22(35)21(34)20(33)19(13-32)42-31)12-17(10-8-15(3)4)26(16)43-29-24(37)27(40-5)23(36)28(41-6)25(29)38/h7-8,11-12,19-25,27-29,31-38H,9-10,13H2,1-6H3. The molecule has 1 heterocycles. The molecule has 1 aliphatic carbocycles. The molecule has 0 amide bonds. The van der Waals surface area contributed by atoms with Gasteiger partial charge in [-0.15, -0.1) is 0 Å². The smallest absolute Gasteiger partial charge is 0.340 e. The zero-order valence-corrected chi connectivity index (χ0v) is 25.9. The molecule has 0 spiro atoms. The van der Waals surface area contributed by atoms with Crippen molar-refractivity contribution in [3.63, 3.8) is 0 Å². The van der Waals surface area contributed by atoms with E-state index in [9.17, 15) is 40.5 Å². The minimum atomic E-state index is -1.78. The molecular formula is C31H46O13. The topological polar surface area (TPSA) is 205 Å². The SMILES string of the molecule is COC1C(O)C(OC)C(O)C(Oc2c(CC=C(C)C)cc(C(=O)OC3OC(CO)C(O)C(O)C3O)cc2CC=C(C)C)C1O. The summed E-state index contributed by atoms with van der Waals surface area (Å²) in [6, 6.07) is 3.01. The summed E-state index contributed by atoms with van der Waals surface area (Å²) in [5, 5.41) is 72.8. The Bertz CT molecular complexity index is 1110. The van der Waals surface area contributed by atoms with Gasteiger partial charge in [-0.2, -0.15) is 0 Å². The highest BCUT2D eigenvalue weighted by molar-refractivity contribution is 5.90. The van der Waals surface area contributed by atoms with E-state index in [1.165, 1.54) is 26.4 Å². The van der Waals surface area contributed by atoms with Crippen LogP contribution in [0.5, 0.6) is 5.75 Å². The first-order valence-corrected chi connectivity index (χ1v) is 14.5. The molecule has 3 rings (SSSR count). The molecule has 2 aliphatic rings. The summed E-state index contributed by atoms with van der Waals surface area (Å²) in [7, 11) is 2.63. The number of aliphatic hydroxyl groups excluding tert-OH is 7. The van der Waals surface area contributed by atoms with Crippen LogP contribution in [0.1, 0.15) is 49.2 Å². The third kappa shape index (κ3) is 8.04. The van der Waals surface area contributed by atoms with E-state index in [-0.39, 0.29) is 24.2 Å². The second kappa shape index (κ2) is 15.7. The van der Waals surface area contributed by atoms with Gasteiger partial charge in [0, 0.05) is 14.2 Å². The molecular weight excluding hydrogens is 580 g/mol. The maximum absolute atomic E-state index is 13.4. The predicted octanol–water partition coefficient (Wildman–Crippen LogP) is -0.466. The molecule has 9 atom stereocenters. The normalized spacial score (nSPS) is 33.8. The van der Waals surface area contributed by atoms with Crippen molar-refractivity contribution in [1.29, 1.82) is 0 Å². The number of hydrogen-bond donors (Lipinski definition) is 7. The van der Waals surface area contributed by atoms with Crippen molar-refractivity contribution >= 4 is 5.97 Å². The third-order valence-corrected chi connectivity index (χ3v) is 7.83. The molecule has 248 valence electrons. The summed E-state index contributed by atoms with van der Waals surface area (Å²) >= 11 is 0. The largest absolute Gasteiger partial charge is 0.484 e. The average Bonchev–Trinajstić information content (AvgIpc) is 2.98. The molecule has 1 aromatic rings. The van der Waals surface area contributed by atoms with Gasteiger partial charge in [-0.3, -0.25) is 0 Å². The first-order valence-electron chi connectivity index (χ1n) is 14.5. The lowest BCUT2D eigenvalue weighted by Gasteiger charge is -2.44. The van der Waals surface area contributed by atoms with Crippen LogP contribution in [0.2, 0.25) is 0 Å². The number of hydrogen-bond acceptors (Lipinski definition) is 13. The van der Waals surface area contributed by atoms with E-state index in [0.717, 1.165) is 11.1 Å². The van der Waals surface area contributed by atoms with Crippen molar-refractivity contribution in [2.45, 2.75) is 108 Å². The lowest BCUT2D eigenvalue weighted by Crippen LogP contribution is -2.66. The number of benzene rings is 1. The van der Waals surface area contributed by atoms with Crippen LogP contribution in [0.25, 0.3) is 0 Å². The van der Waals surface area contributed by atoms with Crippen LogP contribution in [0.4, 0.5) is 0 Å². The summed E-state index contributed by atoms with van der Waals surface area (Å²) in [6.45, 7) is 6.89. The number of rotatable bonds is 11. The van der Waals surface area contributed by atoms with Gasteiger partial charge in [0.05, 0.1) is 12.2 Å². The predicted molar refractivity (Wildman–Crippen MR) is 156 cm³/mol. The lowest BCUT2D eigenvalue weighted by molar-refractivity contribution is -0.285. The molecule has 1 saturated heterocycles. The molecule has 0 bridgehead atoms. The van der Waals surface area contributed by atoms with Crippen molar-refractivity contribution in [3.05, 3.63) is 52.1 Å². The second-order valence-corrected chi connectivity index (χ2v) is 11.7. The summed E-state index contributed by atoms with van der Waals surface area (Å²) in [5.41, 5.74) is 2.99. The highest BCUT2D eigenvalue weighted by Crippen LogP contribution is 2.35. The van der Waals surface area contributed by atoms with Crippen molar-refractivity contribution < 1.29 is 64.2 Å². The van der Waals surface area contributed by atoms with E-state index in [1.807, 2.05) is 39.8 Å². The fourth-order valence-corrected chi connectivity index (χ4v) is 5.29. The first-order chi connectivity index (χ1) is 20.7. The molecule has 1 aliphatic heterocycles. The quantitative estimate of drug-likeness (QED) is 0.123. The van der Waals surface area contributed by atoms with Gasteiger partial charge in [-0.1, -0.05) is 23.3 Å². The first kappa shape index (κ1) is 36.0. The van der Waals surface area contributed by atoms with Gasteiger partial charge in [0.2, 0.25) is 6.29 Å². The monoisotopic (exact) mass is 626 g/mol. The molecule has 13 heteroatoms. The maximum Gasteiger partial charge on any atom is 0.340 e. The van der Waals surface area contributed by atoms with Gasteiger partial charge < -0.3 is 59.4 Å². The van der Waals surface area contributed by atoms with Crippen LogP contribution >= 0.6 is 0 Å². The van der Waals surface area contributed by atoms with Crippen molar-refractivity contribution in [2.75, 3.05) is 20.8 Å². The summed E-state index contributed by atoms with van der Waals surface area (Å²) in [6.07, 6.45) is -11.4. The highest BCUT2D eigenvalue weighted by atomic mass is 16.7. The fourth-order valence-electron chi connectivity index (χ4n) is 5.29. The van der Waals surface area contributed by atoms with Crippen molar-refractivity contribution in [1.82, 2.24) is 0 Å². The number of allylic oxidation sites excluding steroid dienone is 4. The third-order valence-electron chi connectivity index (χ3n) is 7.83. The molecule has 44 heavy (non-hydrogen) atoms. The summed E-state index contributed by atoms with van der Waals surface area (Å²) in [4.78, 5) is 13.4. The zero-order valence-electron chi connectivity index (χ0n) is 25.9. The summed E-state index contributed by atoms with van der Waals surface area (Å²) in [5.74, 6) is -0.633. The van der Waals surface area contributed by atoms with Gasteiger partial charge in [-0.25, -0.2) is 4.79 Å². The Kier molecular flexibility index (Phi) is 12.9. The van der Waals surface area contributed by atoms with E-state index >= 15 is 0 Å². The van der Waals surface area contributed by atoms with E-state index in [1.54, 1.807) is 0 Å². The molecule has 2 fully saturated rings. The summed E-state index contributed by atoms with van der Waals surface area (Å²) < 4.78 is 27.7. The minimum absolute atomic E-state index is 0.0494. The highest BCUT2D eigenvalue weighted by Gasteiger charge is 2.52. The number of carbonyl (C=O) groups excluding carboxylic acids is 1.